The van der Waals surface area contributed by atoms with E-state index < -0.39 is 0 Å². The molecule has 1 aromatic rings. The van der Waals surface area contributed by atoms with Crippen molar-refractivity contribution in [2.45, 2.75) is 6.54 Å². The van der Waals surface area contributed by atoms with E-state index >= 15 is 0 Å². The summed E-state index contributed by atoms with van der Waals surface area (Å²) in [5.41, 5.74) is 1.23. The summed E-state index contributed by atoms with van der Waals surface area (Å²) >= 11 is 1.86. The third-order valence-corrected chi connectivity index (χ3v) is 2.32. The summed E-state index contributed by atoms with van der Waals surface area (Å²) in [4.78, 5) is 4.04. The molecule has 0 amide bonds. The Morgan fingerprint density at radius 2 is 2.50 bits per heavy atom. The van der Waals surface area contributed by atoms with Crippen molar-refractivity contribution >= 4 is 11.8 Å². The van der Waals surface area contributed by atoms with Crippen LogP contribution in [0.5, 0.6) is 0 Å². The number of aryl methyl sites for hydroxylation is 1. The number of hydrogen-bond acceptors (Lipinski definition) is 3. The van der Waals surface area contributed by atoms with E-state index in [2.05, 4.69) is 16.6 Å². The molecule has 0 aliphatic heterocycles. The molecule has 0 spiro atoms. The first kappa shape index (κ1) is 9.61. The number of aromatic nitrogens is 2. The predicted molar refractivity (Wildman–Crippen MR) is 53.3 cm³/mol. The first-order valence-corrected chi connectivity index (χ1v) is 5.39. The third-order valence-electron chi connectivity index (χ3n) is 1.71. The molecule has 0 aliphatic carbocycles. The molecule has 1 heterocycles. The van der Waals surface area contributed by atoms with Crippen LogP contribution in [0.2, 0.25) is 0 Å². The Hall–Kier alpha value is -0.480. The number of rotatable bonds is 5. The topological polar surface area (TPSA) is 29.9 Å². The molecular weight excluding hydrogens is 170 g/mol. The zero-order valence-corrected chi connectivity index (χ0v) is 8.40. The lowest BCUT2D eigenvalue weighted by Crippen LogP contribution is -2.17. The second kappa shape index (κ2) is 5.22. The summed E-state index contributed by atoms with van der Waals surface area (Å²) in [6.07, 6.45) is 5.84. The number of hydrogen-bond donors (Lipinski definition) is 1. The van der Waals surface area contributed by atoms with Crippen molar-refractivity contribution in [1.82, 2.24) is 14.9 Å². The van der Waals surface area contributed by atoms with Crippen LogP contribution in [0.4, 0.5) is 0 Å². The van der Waals surface area contributed by atoms with Gasteiger partial charge in [0.1, 0.15) is 0 Å². The molecule has 4 heteroatoms. The second-order valence-electron chi connectivity index (χ2n) is 2.67. The summed E-state index contributed by atoms with van der Waals surface area (Å²) in [6, 6.07) is 0. The van der Waals surface area contributed by atoms with Crippen molar-refractivity contribution in [1.29, 1.82) is 0 Å². The van der Waals surface area contributed by atoms with Crippen molar-refractivity contribution in [3.8, 4) is 0 Å². The molecule has 3 nitrogen and oxygen atoms in total. The SMILES string of the molecule is CSCCNCc1cncn1C. The van der Waals surface area contributed by atoms with Crippen molar-refractivity contribution in [3.05, 3.63) is 18.2 Å². The van der Waals surface area contributed by atoms with E-state index in [1.54, 1.807) is 0 Å². The number of nitrogens with one attached hydrogen (secondary N) is 1. The highest BCUT2D eigenvalue weighted by Gasteiger charge is 1.95. The lowest BCUT2D eigenvalue weighted by atomic mass is 10.4. The summed E-state index contributed by atoms with van der Waals surface area (Å²) in [7, 11) is 2.01. The summed E-state index contributed by atoms with van der Waals surface area (Å²) in [5.74, 6) is 1.16. The number of nitrogens with zero attached hydrogens (tertiary/aromatic N) is 2. The van der Waals surface area contributed by atoms with E-state index in [0.717, 1.165) is 18.8 Å². The van der Waals surface area contributed by atoms with E-state index in [-0.39, 0.29) is 0 Å². The fraction of sp³-hybridized carbons (Fsp3) is 0.625. The second-order valence-corrected chi connectivity index (χ2v) is 3.65. The summed E-state index contributed by atoms with van der Waals surface area (Å²) in [6.45, 7) is 1.98. The molecule has 1 N–H and O–H groups in total. The Bertz CT molecular complexity index is 222. The molecule has 0 fully saturated rings. The molecule has 0 bridgehead atoms. The molecule has 12 heavy (non-hydrogen) atoms. The van der Waals surface area contributed by atoms with Gasteiger partial charge in [-0.2, -0.15) is 11.8 Å². The molecule has 1 rings (SSSR count). The highest BCUT2D eigenvalue weighted by Crippen LogP contribution is 1.95. The van der Waals surface area contributed by atoms with Gasteiger partial charge in [-0.05, 0) is 6.26 Å². The van der Waals surface area contributed by atoms with Crippen LogP contribution in [0.3, 0.4) is 0 Å². The van der Waals surface area contributed by atoms with Crippen LogP contribution in [0.1, 0.15) is 5.69 Å². The minimum atomic E-state index is 0.914. The Balaban J connectivity index is 2.20. The monoisotopic (exact) mass is 185 g/mol. The number of thioether (sulfide) groups is 1. The van der Waals surface area contributed by atoms with Crippen LogP contribution in [-0.4, -0.2) is 28.1 Å². The Morgan fingerprint density at radius 3 is 3.08 bits per heavy atom. The highest BCUT2D eigenvalue weighted by molar-refractivity contribution is 7.98. The van der Waals surface area contributed by atoms with Crippen LogP contribution < -0.4 is 5.32 Å². The van der Waals surface area contributed by atoms with Gasteiger partial charge < -0.3 is 9.88 Å². The molecule has 0 atom stereocenters. The smallest absolute Gasteiger partial charge is 0.0945 e. The maximum atomic E-state index is 4.04. The van der Waals surface area contributed by atoms with Crippen LogP contribution in [-0.2, 0) is 13.6 Å². The highest BCUT2D eigenvalue weighted by atomic mass is 32.2. The Morgan fingerprint density at radius 1 is 1.67 bits per heavy atom. The van der Waals surface area contributed by atoms with E-state index in [9.17, 15) is 0 Å². The van der Waals surface area contributed by atoms with E-state index in [4.69, 9.17) is 0 Å². The van der Waals surface area contributed by atoms with Gasteiger partial charge in [-0.15, -0.1) is 0 Å². The van der Waals surface area contributed by atoms with Crippen molar-refractivity contribution in [2.75, 3.05) is 18.6 Å². The van der Waals surface area contributed by atoms with Gasteiger partial charge in [0.15, 0.2) is 0 Å². The lowest BCUT2D eigenvalue weighted by molar-refractivity contribution is 0.683. The first-order chi connectivity index (χ1) is 5.84. The lowest BCUT2D eigenvalue weighted by Gasteiger charge is -2.03. The molecule has 68 valence electrons. The average molecular weight is 185 g/mol. The largest absolute Gasteiger partial charge is 0.337 e. The van der Waals surface area contributed by atoms with Gasteiger partial charge in [0.25, 0.3) is 0 Å². The zero-order valence-electron chi connectivity index (χ0n) is 7.58. The molecule has 0 radical (unpaired) electrons. The quantitative estimate of drug-likeness (QED) is 0.690. The Kier molecular flexibility index (Phi) is 4.18. The van der Waals surface area contributed by atoms with Gasteiger partial charge >= 0.3 is 0 Å². The summed E-state index contributed by atoms with van der Waals surface area (Å²) < 4.78 is 2.03. The van der Waals surface area contributed by atoms with Gasteiger partial charge in [0, 0.05) is 32.1 Å². The van der Waals surface area contributed by atoms with Gasteiger partial charge in [-0.3, -0.25) is 0 Å². The molecule has 1 aromatic heterocycles. The maximum Gasteiger partial charge on any atom is 0.0945 e. The molecule has 0 aliphatic rings. The van der Waals surface area contributed by atoms with E-state index in [0.29, 0.717) is 0 Å². The average Bonchev–Trinajstić information content (AvgIpc) is 2.46. The maximum absolute atomic E-state index is 4.04. The normalized spacial score (nSPS) is 10.5. The van der Waals surface area contributed by atoms with Gasteiger partial charge in [-0.25, -0.2) is 4.98 Å². The standard InChI is InChI=1S/C8H15N3S/c1-11-7-10-6-8(11)5-9-3-4-12-2/h6-7,9H,3-5H2,1-2H3. The van der Waals surface area contributed by atoms with Crippen LogP contribution in [0.25, 0.3) is 0 Å². The van der Waals surface area contributed by atoms with Gasteiger partial charge in [-0.1, -0.05) is 0 Å². The molecule has 0 unspecified atom stereocenters. The minimum Gasteiger partial charge on any atom is -0.337 e. The molecular formula is C8H15N3S. The predicted octanol–water partition coefficient (Wildman–Crippen LogP) is 0.873. The van der Waals surface area contributed by atoms with Crippen LogP contribution >= 0.6 is 11.8 Å². The van der Waals surface area contributed by atoms with E-state index in [1.807, 2.05) is 35.9 Å². The van der Waals surface area contributed by atoms with Crippen molar-refractivity contribution in [2.24, 2.45) is 7.05 Å². The molecule has 0 saturated carbocycles. The van der Waals surface area contributed by atoms with Gasteiger partial charge in [0.2, 0.25) is 0 Å². The molecule has 0 saturated heterocycles. The van der Waals surface area contributed by atoms with Crippen molar-refractivity contribution < 1.29 is 0 Å². The summed E-state index contributed by atoms with van der Waals surface area (Å²) in [5, 5.41) is 3.35. The van der Waals surface area contributed by atoms with Crippen molar-refractivity contribution in [3.63, 3.8) is 0 Å². The Labute approximate surface area is 77.6 Å². The van der Waals surface area contributed by atoms with E-state index in [1.165, 1.54) is 5.69 Å². The zero-order chi connectivity index (χ0) is 8.81. The minimum absolute atomic E-state index is 0.914. The van der Waals surface area contributed by atoms with Crippen LogP contribution in [0, 0.1) is 0 Å². The fourth-order valence-electron chi connectivity index (χ4n) is 0.946. The fourth-order valence-corrected chi connectivity index (χ4v) is 1.29. The van der Waals surface area contributed by atoms with Gasteiger partial charge in [0.05, 0.1) is 12.0 Å². The molecule has 0 aromatic carbocycles. The first-order valence-electron chi connectivity index (χ1n) is 3.99. The third kappa shape index (κ3) is 2.87. The number of imidazole rings is 1. The van der Waals surface area contributed by atoms with Crippen LogP contribution in [0.15, 0.2) is 12.5 Å².